The molecule has 0 radical (unpaired) electrons. The summed E-state index contributed by atoms with van der Waals surface area (Å²) in [5.41, 5.74) is 0.424. The second-order valence-electron chi connectivity index (χ2n) is 8.92. The molecule has 0 N–H and O–H groups in total. The fourth-order valence-corrected chi connectivity index (χ4v) is 4.74. The van der Waals surface area contributed by atoms with Crippen molar-refractivity contribution in [2.45, 2.75) is 70.6 Å². The van der Waals surface area contributed by atoms with Crippen molar-refractivity contribution in [3.63, 3.8) is 0 Å². The van der Waals surface area contributed by atoms with Crippen molar-refractivity contribution in [3.8, 4) is 0 Å². The normalized spacial score (nSPS) is 19.3. The van der Waals surface area contributed by atoms with Crippen molar-refractivity contribution in [1.29, 1.82) is 0 Å². The van der Waals surface area contributed by atoms with Gasteiger partial charge in [0.25, 0.3) is 0 Å². The summed E-state index contributed by atoms with van der Waals surface area (Å²) in [4.78, 5) is 28.0. The van der Waals surface area contributed by atoms with Gasteiger partial charge in [-0.1, -0.05) is 67.1 Å². The molecule has 0 bridgehead atoms. The van der Waals surface area contributed by atoms with Crippen molar-refractivity contribution in [2.75, 3.05) is 13.2 Å². The molecule has 2 atom stereocenters. The quantitative estimate of drug-likeness (QED) is 0.538. The lowest BCUT2D eigenvalue weighted by atomic mass is 9.87. The first kappa shape index (κ1) is 24.0. The van der Waals surface area contributed by atoms with Gasteiger partial charge in [-0.2, -0.15) is 0 Å². The van der Waals surface area contributed by atoms with Crippen LogP contribution in [0.15, 0.2) is 60.7 Å². The smallest absolute Gasteiger partial charge is 0.351 e. The molecule has 0 aromatic heterocycles. The van der Waals surface area contributed by atoms with E-state index < -0.39 is 17.5 Å². The zero-order valence-electron chi connectivity index (χ0n) is 19.5. The van der Waals surface area contributed by atoms with Gasteiger partial charge in [0.2, 0.25) is 5.60 Å². The van der Waals surface area contributed by atoms with Crippen LogP contribution in [-0.4, -0.2) is 47.7 Å². The Morgan fingerprint density at radius 1 is 0.906 bits per heavy atom. The van der Waals surface area contributed by atoms with Gasteiger partial charge in [-0.15, -0.1) is 0 Å². The van der Waals surface area contributed by atoms with Crippen LogP contribution in [0.4, 0.5) is 0 Å². The number of piperidine rings is 1. The van der Waals surface area contributed by atoms with Crippen LogP contribution < -0.4 is 0 Å². The van der Waals surface area contributed by atoms with Crippen molar-refractivity contribution in [1.82, 2.24) is 4.90 Å². The van der Waals surface area contributed by atoms with E-state index in [0.717, 1.165) is 24.0 Å². The van der Waals surface area contributed by atoms with Crippen molar-refractivity contribution in [2.24, 2.45) is 0 Å². The molecule has 0 amide bonds. The number of carbonyl (C=O) groups excluding carboxylic acids is 2. The Labute approximate surface area is 191 Å². The van der Waals surface area contributed by atoms with E-state index in [9.17, 15) is 9.59 Å². The minimum Gasteiger partial charge on any atom is -0.461 e. The highest BCUT2D eigenvalue weighted by molar-refractivity contribution is 5.84. The number of ether oxygens (including phenoxy) is 2. The molecule has 5 heteroatoms. The van der Waals surface area contributed by atoms with Crippen LogP contribution in [0, 0.1) is 0 Å². The predicted molar refractivity (Wildman–Crippen MR) is 125 cm³/mol. The first-order valence-corrected chi connectivity index (χ1v) is 11.6. The summed E-state index contributed by atoms with van der Waals surface area (Å²) in [7, 11) is 0. The van der Waals surface area contributed by atoms with Crippen LogP contribution in [0.25, 0.3) is 0 Å². The number of likely N-dealkylation sites (tertiary alicyclic amines) is 1. The topological polar surface area (TPSA) is 55.8 Å². The van der Waals surface area contributed by atoms with E-state index in [-0.39, 0.29) is 19.4 Å². The standard InChI is InChI=1S/C27H35NO4/c1-21-11-10-12-22(2)28(21)17-18-31-26(30)27(32-23(3)29,19-24-13-6-4-7-14-24)20-25-15-8-5-9-16-25/h4-9,13-16,21-22H,10-12,17-20H2,1-3H3. The zero-order valence-corrected chi connectivity index (χ0v) is 19.5. The van der Waals surface area contributed by atoms with E-state index in [1.807, 2.05) is 60.7 Å². The Kier molecular flexibility index (Phi) is 8.46. The number of benzene rings is 2. The molecule has 1 fully saturated rings. The SMILES string of the molecule is CC(=O)OC(Cc1ccccc1)(Cc1ccccc1)C(=O)OCCN1C(C)CCCC1C. The fraction of sp³-hybridized carbons (Fsp3) is 0.481. The largest absolute Gasteiger partial charge is 0.461 e. The lowest BCUT2D eigenvalue weighted by molar-refractivity contribution is -0.182. The van der Waals surface area contributed by atoms with Gasteiger partial charge in [0.05, 0.1) is 0 Å². The monoisotopic (exact) mass is 437 g/mol. The van der Waals surface area contributed by atoms with Gasteiger partial charge in [0.15, 0.2) is 0 Å². The van der Waals surface area contributed by atoms with Gasteiger partial charge in [0.1, 0.15) is 6.61 Å². The molecular formula is C27H35NO4. The van der Waals surface area contributed by atoms with Crippen LogP contribution in [0.5, 0.6) is 0 Å². The Morgan fingerprint density at radius 2 is 1.41 bits per heavy atom. The highest BCUT2D eigenvalue weighted by Gasteiger charge is 2.44. The number of esters is 2. The third-order valence-corrected chi connectivity index (χ3v) is 6.33. The zero-order chi connectivity index (χ0) is 23.0. The number of carbonyl (C=O) groups is 2. The van der Waals surface area contributed by atoms with Gasteiger partial charge < -0.3 is 9.47 Å². The van der Waals surface area contributed by atoms with Crippen molar-refractivity contribution in [3.05, 3.63) is 71.8 Å². The second kappa shape index (κ2) is 11.3. The summed E-state index contributed by atoms with van der Waals surface area (Å²) in [5.74, 6) is -0.982. The summed E-state index contributed by atoms with van der Waals surface area (Å²) >= 11 is 0. The molecule has 2 aromatic carbocycles. The molecule has 2 aromatic rings. The van der Waals surface area contributed by atoms with Crippen LogP contribution in [0.2, 0.25) is 0 Å². The summed E-state index contributed by atoms with van der Waals surface area (Å²) in [6.45, 7) is 6.76. The van der Waals surface area contributed by atoms with Gasteiger partial charge in [-0.25, -0.2) is 4.79 Å². The number of hydrogen-bond donors (Lipinski definition) is 0. The lowest BCUT2D eigenvalue weighted by Crippen LogP contribution is -2.50. The number of hydrogen-bond acceptors (Lipinski definition) is 5. The van der Waals surface area contributed by atoms with Crippen LogP contribution in [0.3, 0.4) is 0 Å². The maximum Gasteiger partial charge on any atom is 0.351 e. The van der Waals surface area contributed by atoms with Crippen molar-refractivity contribution < 1.29 is 19.1 Å². The third-order valence-electron chi connectivity index (χ3n) is 6.33. The molecule has 2 unspecified atom stereocenters. The Hall–Kier alpha value is -2.66. The summed E-state index contributed by atoms with van der Waals surface area (Å²) in [6.07, 6.45) is 4.09. The Bertz CT molecular complexity index is 816. The summed E-state index contributed by atoms with van der Waals surface area (Å²) in [5, 5.41) is 0. The van der Waals surface area contributed by atoms with Crippen LogP contribution in [0.1, 0.15) is 51.2 Å². The van der Waals surface area contributed by atoms with Gasteiger partial charge in [-0.05, 0) is 37.8 Å². The van der Waals surface area contributed by atoms with Gasteiger partial charge >= 0.3 is 11.9 Å². The van der Waals surface area contributed by atoms with Gasteiger partial charge in [0, 0.05) is 38.4 Å². The maximum absolute atomic E-state index is 13.5. The number of nitrogens with zero attached hydrogens (tertiary/aromatic N) is 1. The molecule has 1 aliphatic heterocycles. The molecule has 0 saturated carbocycles. The van der Waals surface area contributed by atoms with E-state index >= 15 is 0 Å². The lowest BCUT2D eigenvalue weighted by Gasteiger charge is -2.39. The summed E-state index contributed by atoms with van der Waals surface area (Å²) < 4.78 is 11.6. The molecular weight excluding hydrogens is 402 g/mol. The third kappa shape index (κ3) is 6.42. The minimum atomic E-state index is -1.41. The molecule has 32 heavy (non-hydrogen) atoms. The first-order chi connectivity index (χ1) is 15.4. The van der Waals surface area contributed by atoms with Gasteiger partial charge in [-0.3, -0.25) is 9.69 Å². The highest BCUT2D eigenvalue weighted by Crippen LogP contribution is 2.27. The minimum absolute atomic E-state index is 0.262. The van der Waals surface area contributed by atoms with Crippen LogP contribution >= 0.6 is 0 Å². The molecule has 0 aliphatic carbocycles. The molecule has 1 heterocycles. The molecule has 0 spiro atoms. The molecule has 172 valence electrons. The molecule has 3 rings (SSSR count). The first-order valence-electron chi connectivity index (χ1n) is 11.6. The van der Waals surface area contributed by atoms with E-state index in [1.165, 1.54) is 13.3 Å². The molecule has 5 nitrogen and oxygen atoms in total. The van der Waals surface area contributed by atoms with Crippen LogP contribution in [-0.2, 0) is 31.9 Å². The average molecular weight is 438 g/mol. The van der Waals surface area contributed by atoms with E-state index in [0.29, 0.717) is 18.6 Å². The predicted octanol–water partition coefficient (Wildman–Crippen LogP) is 4.58. The van der Waals surface area contributed by atoms with E-state index in [4.69, 9.17) is 9.47 Å². The van der Waals surface area contributed by atoms with E-state index in [1.54, 1.807) is 0 Å². The molecule has 1 saturated heterocycles. The molecule has 1 aliphatic rings. The van der Waals surface area contributed by atoms with E-state index in [2.05, 4.69) is 18.7 Å². The fourth-order valence-electron chi connectivity index (χ4n) is 4.74. The second-order valence-corrected chi connectivity index (χ2v) is 8.92. The number of rotatable bonds is 9. The Morgan fingerprint density at radius 3 is 1.88 bits per heavy atom. The highest BCUT2D eigenvalue weighted by atomic mass is 16.6. The van der Waals surface area contributed by atoms with Crippen molar-refractivity contribution >= 4 is 11.9 Å². The Balaban J connectivity index is 1.80. The average Bonchev–Trinajstić information content (AvgIpc) is 2.76. The maximum atomic E-state index is 13.5. The summed E-state index contributed by atoms with van der Waals surface area (Å²) in [6, 6.07) is 20.2.